The van der Waals surface area contributed by atoms with Crippen LogP contribution in [-0.2, 0) is 6.18 Å². The molecule has 21 heavy (non-hydrogen) atoms. The van der Waals surface area contributed by atoms with Crippen molar-refractivity contribution < 1.29 is 23.1 Å². The van der Waals surface area contributed by atoms with Gasteiger partial charge in [-0.1, -0.05) is 11.6 Å². The molecular formula is C14H9ClF3NO2. The molecule has 0 spiro atoms. The van der Waals surface area contributed by atoms with Crippen LogP contribution in [0.5, 0.6) is 5.75 Å². The van der Waals surface area contributed by atoms with E-state index >= 15 is 0 Å². The number of aromatic hydroxyl groups is 1. The SMILES string of the molecule is O=C(Nc1ccc(Cl)c(O)c1)c1ccc(C(F)(F)F)cc1. The molecule has 0 bridgehead atoms. The van der Waals surface area contributed by atoms with Gasteiger partial charge in [0.2, 0.25) is 0 Å². The summed E-state index contributed by atoms with van der Waals surface area (Å²) in [4.78, 5) is 11.9. The summed E-state index contributed by atoms with van der Waals surface area (Å²) in [5, 5.41) is 12.0. The Morgan fingerprint density at radius 1 is 1.10 bits per heavy atom. The number of anilines is 1. The number of nitrogens with one attached hydrogen (secondary N) is 1. The third-order valence-electron chi connectivity index (χ3n) is 2.68. The van der Waals surface area contributed by atoms with Gasteiger partial charge in [0.1, 0.15) is 5.75 Å². The van der Waals surface area contributed by atoms with Gasteiger partial charge in [0.15, 0.2) is 0 Å². The zero-order valence-corrected chi connectivity index (χ0v) is 11.2. The molecule has 7 heteroatoms. The Hall–Kier alpha value is -2.21. The fourth-order valence-corrected chi connectivity index (χ4v) is 1.72. The van der Waals surface area contributed by atoms with Crippen molar-refractivity contribution in [1.82, 2.24) is 0 Å². The van der Waals surface area contributed by atoms with Crippen LogP contribution < -0.4 is 5.32 Å². The van der Waals surface area contributed by atoms with Crippen LogP contribution in [0.1, 0.15) is 15.9 Å². The van der Waals surface area contributed by atoms with Gasteiger partial charge in [0.25, 0.3) is 5.91 Å². The number of amides is 1. The summed E-state index contributed by atoms with van der Waals surface area (Å²) in [6, 6.07) is 7.90. The van der Waals surface area contributed by atoms with E-state index < -0.39 is 17.6 Å². The third-order valence-corrected chi connectivity index (χ3v) is 3.00. The third kappa shape index (κ3) is 3.66. The number of phenols is 1. The van der Waals surface area contributed by atoms with E-state index in [1.165, 1.54) is 18.2 Å². The van der Waals surface area contributed by atoms with Crippen molar-refractivity contribution in [2.45, 2.75) is 6.18 Å². The van der Waals surface area contributed by atoms with Gasteiger partial charge >= 0.3 is 6.18 Å². The number of phenolic OH excluding ortho intramolecular Hbond substituents is 1. The molecule has 0 saturated heterocycles. The number of rotatable bonds is 2. The summed E-state index contributed by atoms with van der Waals surface area (Å²) in [7, 11) is 0. The monoisotopic (exact) mass is 315 g/mol. The molecule has 0 aromatic heterocycles. The minimum atomic E-state index is -4.45. The van der Waals surface area contributed by atoms with Crippen LogP contribution in [0.4, 0.5) is 18.9 Å². The Balaban J connectivity index is 2.15. The molecule has 0 unspecified atom stereocenters. The summed E-state index contributed by atoms with van der Waals surface area (Å²) < 4.78 is 37.2. The van der Waals surface area contributed by atoms with Gasteiger partial charge in [0.05, 0.1) is 10.6 Å². The predicted octanol–water partition coefficient (Wildman–Crippen LogP) is 4.32. The maximum absolute atomic E-state index is 12.4. The van der Waals surface area contributed by atoms with Gasteiger partial charge < -0.3 is 10.4 Å². The average molecular weight is 316 g/mol. The van der Waals surface area contributed by atoms with E-state index in [2.05, 4.69) is 5.32 Å². The van der Waals surface area contributed by atoms with Gasteiger partial charge in [-0.25, -0.2) is 0 Å². The summed E-state index contributed by atoms with van der Waals surface area (Å²) in [6.07, 6.45) is -4.45. The van der Waals surface area contributed by atoms with Crippen LogP contribution in [0.25, 0.3) is 0 Å². The zero-order chi connectivity index (χ0) is 15.6. The van der Waals surface area contributed by atoms with Gasteiger partial charge in [-0.3, -0.25) is 4.79 Å². The summed E-state index contributed by atoms with van der Waals surface area (Å²) in [5.74, 6) is -0.799. The summed E-state index contributed by atoms with van der Waals surface area (Å²) in [6.45, 7) is 0. The van der Waals surface area contributed by atoms with E-state index in [1.807, 2.05) is 0 Å². The number of hydrogen-bond acceptors (Lipinski definition) is 2. The van der Waals surface area contributed by atoms with Gasteiger partial charge in [0, 0.05) is 17.3 Å². The van der Waals surface area contributed by atoms with Crippen LogP contribution in [0.15, 0.2) is 42.5 Å². The predicted molar refractivity (Wildman–Crippen MR) is 72.5 cm³/mol. The fraction of sp³-hybridized carbons (Fsp3) is 0.0714. The largest absolute Gasteiger partial charge is 0.506 e. The van der Waals surface area contributed by atoms with Crippen LogP contribution in [0.2, 0.25) is 5.02 Å². The van der Waals surface area contributed by atoms with E-state index in [1.54, 1.807) is 0 Å². The molecule has 0 aliphatic rings. The van der Waals surface area contributed by atoms with E-state index in [9.17, 15) is 23.1 Å². The number of carbonyl (C=O) groups excluding carboxylic acids is 1. The van der Waals surface area contributed by atoms with E-state index in [0.29, 0.717) is 0 Å². The minimum Gasteiger partial charge on any atom is -0.506 e. The standard InChI is InChI=1S/C14H9ClF3NO2/c15-11-6-5-10(7-12(11)20)19-13(21)8-1-3-9(4-2-8)14(16,17)18/h1-7,20H,(H,19,21). The fourth-order valence-electron chi connectivity index (χ4n) is 1.60. The maximum Gasteiger partial charge on any atom is 0.416 e. The molecule has 0 saturated carbocycles. The second kappa shape index (κ2) is 5.65. The van der Waals surface area contributed by atoms with Crippen molar-refractivity contribution in [3.05, 3.63) is 58.6 Å². The molecule has 1 amide bonds. The van der Waals surface area contributed by atoms with Gasteiger partial charge in [-0.2, -0.15) is 13.2 Å². The topological polar surface area (TPSA) is 49.3 Å². The van der Waals surface area contributed by atoms with E-state index in [4.69, 9.17) is 11.6 Å². The Morgan fingerprint density at radius 3 is 2.24 bits per heavy atom. The van der Waals surface area contributed by atoms with Crippen LogP contribution in [0.3, 0.4) is 0 Å². The van der Waals surface area contributed by atoms with E-state index in [0.717, 1.165) is 24.3 Å². The molecule has 0 atom stereocenters. The van der Waals surface area contributed by atoms with Crippen LogP contribution in [-0.4, -0.2) is 11.0 Å². The van der Waals surface area contributed by atoms with Crippen LogP contribution in [0, 0.1) is 0 Å². The molecule has 0 heterocycles. The van der Waals surface area contributed by atoms with Crippen LogP contribution >= 0.6 is 11.6 Å². The van der Waals surface area contributed by atoms with Gasteiger partial charge in [-0.05, 0) is 36.4 Å². The molecule has 0 aliphatic carbocycles. The number of alkyl halides is 3. The molecule has 2 rings (SSSR count). The lowest BCUT2D eigenvalue weighted by atomic mass is 10.1. The Labute approximate surface area is 123 Å². The quantitative estimate of drug-likeness (QED) is 0.867. The highest BCUT2D eigenvalue weighted by atomic mass is 35.5. The van der Waals surface area contributed by atoms with Crippen molar-refractivity contribution in [3.8, 4) is 5.75 Å². The Morgan fingerprint density at radius 2 is 1.71 bits per heavy atom. The number of carbonyl (C=O) groups is 1. The molecule has 2 aromatic rings. The number of hydrogen-bond donors (Lipinski definition) is 2. The highest BCUT2D eigenvalue weighted by Gasteiger charge is 2.30. The van der Waals surface area contributed by atoms with Crippen molar-refractivity contribution in [2.75, 3.05) is 5.32 Å². The lowest BCUT2D eigenvalue weighted by molar-refractivity contribution is -0.137. The molecule has 2 aromatic carbocycles. The van der Waals surface area contributed by atoms with Crippen molar-refractivity contribution in [3.63, 3.8) is 0 Å². The van der Waals surface area contributed by atoms with Gasteiger partial charge in [-0.15, -0.1) is 0 Å². The van der Waals surface area contributed by atoms with Crippen molar-refractivity contribution in [1.29, 1.82) is 0 Å². The smallest absolute Gasteiger partial charge is 0.416 e. The molecule has 110 valence electrons. The summed E-state index contributed by atoms with van der Waals surface area (Å²) in [5.41, 5.74) is -0.484. The normalized spacial score (nSPS) is 11.2. The number of halogens is 4. The van der Waals surface area contributed by atoms with E-state index in [-0.39, 0.29) is 22.0 Å². The first-order valence-electron chi connectivity index (χ1n) is 5.74. The highest BCUT2D eigenvalue weighted by Crippen LogP contribution is 2.29. The first-order valence-corrected chi connectivity index (χ1v) is 6.12. The molecule has 2 N–H and O–H groups in total. The second-order valence-electron chi connectivity index (χ2n) is 4.20. The first kappa shape index (κ1) is 15.2. The minimum absolute atomic E-state index is 0.0671. The average Bonchev–Trinajstić information content (AvgIpc) is 2.42. The first-order chi connectivity index (χ1) is 9.77. The lowest BCUT2D eigenvalue weighted by Crippen LogP contribution is -2.12. The number of benzene rings is 2. The highest BCUT2D eigenvalue weighted by molar-refractivity contribution is 6.32. The Kier molecular flexibility index (Phi) is 4.09. The second-order valence-corrected chi connectivity index (χ2v) is 4.60. The van der Waals surface area contributed by atoms with Crippen molar-refractivity contribution in [2.24, 2.45) is 0 Å². The molecule has 3 nitrogen and oxygen atoms in total. The zero-order valence-electron chi connectivity index (χ0n) is 10.4. The molecular weight excluding hydrogens is 307 g/mol. The van der Waals surface area contributed by atoms with Crippen molar-refractivity contribution >= 4 is 23.2 Å². The molecule has 0 radical (unpaired) electrons. The maximum atomic E-state index is 12.4. The molecule has 0 fully saturated rings. The lowest BCUT2D eigenvalue weighted by Gasteiger charge is -2.09. The summed E-state index contributed by atoms with van der Waals surface area (Å²) >= 11 is 5.63. The molecule has 0 aliphatic heterocycles. The Bertz CT molecular complexity index is 669.